The van der Waals surface area contributed by atoms with E-state index in [9.17, 15) is 9.59 Å². The van der Waals surface area contributed by atoms with Gasteiger partial charge in [0.2, 0.25) is 11.8 Å². The third-order valence-electron chi connectivity index (χ3n) is 3.79. The van der Waals surface area contributed by atoms with Crippen LogP contribution >= 0.6 is 0 Å². The molecule has 0 radical (unpaired) electrons. The van der Waals surface area contributed by atoms with Crippen molar-refractivity contribution in [2.75, 3.05) is 10.6 Å². The van der Waals surface area contributed by atoms with Gasteiger partial charge in [0.1, 0.15) is 0 Å². The fourth-order valence-corrected chi connectivity index (χ4v) is 2.19. The summed E-state index contributed by atoms with van der Waals surface area (Å²) in [5, 5.41) is 5.78. The Labute approximate surface area is 112 Å². The van der Waals surface area contributed by atoms with Gasteiger partial charge in [0.25, 0.3) is 0 Å². The number of hydrogen-bond donors (Lipinski definition) is 2. The van der Waals surface area contributed by atoms with Crippen LogP contribution in [-0.4, -0.2) is 11.8 Å². The van der Waals surface area contributed by atoms with E-state index in [4.69, 9.17) is 0 Å². The van der Waals surface area contributed by atoms with Crippen molar-refractivity contribution in [1.82, 2.24) is 0 Å². The van der Waals surface area contributed by atoms with E-state index >= 15 is 0 Å². The van der Waals surface area contributed by atoms with E-state index in [1.54, 1.807) is 0 Å². The zero-order valence-electron chi connectivity index (χ0n) is 11.0. The number of benzene rings is 1. The van der Waals surface area contributed by atoms with Gasteiger partial charge in [-0.15, -0.1) is 0 Å². The molecule has 0 bridgehead atoms. The number of hydrogen-bond acceptors (Lipinski definition) is 2. The zero-order chi connectivity index (χ0) is 13.4. The van der Waals surface area contributed by atoms with Crippen LogP contribution < -0.4 is 10.6 Å². The SMILES string of the molecule is C[C@H]1C[C@H]1C(=O)Nc1cccc(NC(=O)C2CC2)c1. The van der Waals surface area contributed by atoms with Gasteiger partial charge in [-0.05, 0) is 43.4 Å². The molecule has 2 atom stereocenters. The van der Waals surface area contributed by atoms with Crippen molar-refractivity contribution in [1.29, 1.82) is 0 Å². The lowest BCUT2D eigenvalue weighted by atomic mass is 10.2. The van der Waals surface area contributed by atoms with Crippen LogP contribution in [0.3, 0.4) is 0 Å². The Morgan fingerprint density at radius 1 is 1.11 bits per heavy atom. The minimum atomic E-state index is 0.0816. The topological polar surface area (TPSA) is 58.2 Å². The molecule has 0 aromatic heterocycles. The van der Waals surface area contributed by atoms with Crippen LogP contribution in [0, 0.1) is 17.8 Å². The monoisotopic (exact) mass is 258 g/mol. The molecule has 19 heavy (non-hydrogen) atoms. The van der Waals surface area contributed by atoms with Crippen molar-refractivity contribution in [3.05, 3.63) is 24.3 Å². The average molecular weight is 258 g/mol. The largest absolute Gasteiger partial charge is 0.326 e. The maximum absolute atomic E-state index is 11.8. The summed E-state index contributed by atoms with van der Waals surface area (Å²) < 4.78 is 0. The Kier molecular flexibility index (Phi) is 3.01. The summed E-state index contributed by atoms with van der Waals surface area (Å²) in [6.07, 6.45) is 2.95. The van der Waals surface area contributed by atoms with Crippen molar-refractivity contribution < 1.29 is 9.59 Å². The highest BCUT2D eigenvalue weighted by atomic mass is 16.2. The van der Waals surface area contributed by atoms with Gasteiger partial charge in [-0.1, -0.05) is 13.0 Å². The van der Waals surface area contributed by atoms with E-state index in [1.165, 1.54) is 0 Å². The van der Waals surface area contributed by atoms with E-state index in [2.05, 4.69) is 17.6 Å². The van der Waals surface area contributed by atoms with E-state index in [-0.39, 0.29) is 23.7 Å². The van der Waals surface area contributed by atoms with Crippen LogP contribution in [0.4, 0.5) is 11.4 Å². The first-order valence-electron chi connectivity index (χ1n) is 6.85. The highest BCUT2D eigenvalue weighted by Gasteiger charge is 2.39. The predicted molar refractivity (Wildman–Crippen MR) is 73.7 cm³/mol. The second-order valence-electron chi connectivity index (χ2n) is 5.65. The third kappa shape index (κ3) is 2.95. The molecule has 1 aromatic carbocycles. The standard InChI is InChI=1S/C15H18N2O2/c1-9-7-13(9)15(19)17-12-4-2-3-11(8-12)16-14(18)10-5-6-10/h2-4,8-10,13H,5-7H2,1H3,(H,16,18)(H,17,19)/t9-,13+/m0/s1. The number of carbonyl (C=O) groups excluding carboxylic acids is 2. The smallest absolute Gasteiger partial charge is 0.227 e. The summed E-state index contributed by atoms with van der Waals surface area (Å²) >= 11 is 0. The number of carbonyl (C=O) groups is 2. The predicted octanol–water partition coefficient (Wildman–Crippen LogP) is 2.63. The molecule has 0 saturated heterocycles. The summed E-state index contributed by atoms with van der Waals surface area (Å²) in [4.78, 5) is 23.5. The Morgan fingerprint density at radius 2 is 1.68 bits per heavy atom. The molecule has 2 N–H and O–H groups in total. The Balaban J connectivity index is 1.62. The fraction of sp³-hybridized carbons (Fsp3) is 0.467. The fourth-order valence-electron chi connectivity index (χ4n) is 2.19. The Bertz CT molecular complexity index is 523. The summed E-state index contributed by atoms with van der Waals surface area (Å²) in [6.45, 7) is 2.08. The second kappa shape index (κ2) is 4.68. The van der Waals surface area contributed by atoms with Crippen LogP contribution in [0.2, 0.25) is 0 Å². The molecule has 0 heterocycles. The first kappa shape index (κ1) is 12.2. The van der Waals surface area contributed by atoms with Crippen LogP contribution in [0.25, 0.3) is 0 Å². The quantitative estimate of drug-likeness (QED) is 0.872. The number of anilines is 2. The molecular weight excluding hydrogens is 240 g/mol. The van der Waals surface area contributed by atoms with Gasteiger partial charge in [0.15, 0.2) is 0 Å². The summed E-state index contributed by atoms with van der Waals surface area (Å²) in [7, 11) is 0. The van der Waals surface area contributed by atoms with Crippen molar-refractivity contribution in [2.45, 2.75) is 26.2 Å². The highest BCUT2D eigenvalue weighted by molar-refractivity contribution is 5.97. The van der Waals surface area contributed by atoms with Gasteiger partial charge in [-0.25, -0.2) is 0 Å². The minimum absolute atomic E-state index is 0.0816. The minimum Gasteiger partial charge on any atom is -0.326 e. The zero-order valence-corrected chi connectivity index (χ0v) is 11.0. The number of rotatable bonds is 4. The maximum atomic E-state index is 11.8. The van der Waals surface area contributed by atoms with Crippen molar-refractivity contribution >= 4 is 23.2 Å². The molecule has 4 nitrogen and oxygen atoms in total. The molecule has 0 unspecified atom stereocenters. The van der Waals surface area contributed by atoms with Crippen molar-refractivity contribution in [3.63, 3.8) is 0 Å². The molecule has 3 rings (SSSR count). The van der Waals surface area contributed by atoms with Gasteiger partial charge in [-0.3, -0.25) is 9.59 Å². The normalized spacial score (nSPS) is 24.7. The van der Waals surface area contributed by atoms with Crippen molar-refractivity contribution in [3.8, 4) is 0 Å². The molecular formula is C15H18N2O2. The third-order valence-corrected chi connectivity index (χ3v) is 3.79. The molecule has 100 valence electrons. The average Bonchev–Trinajstić information content (AvgIpc) is 3.23. The van der Waals surface area contributed by atoms with E-state index in [1.807, 2.05) is 24.3 Å². The van der Waals surface area contributed by atoms with E-state index in [0.29, 0.717) is 5.92 Å². The lowest BCUT2D eigenvalue weighted by Crippen LogP contribution is -2.16. The number of amides is 2. The first-order valence-corrected chi connectivity index (χ1v) is 6.85. The van der Waals surface area contributed by atoms with Crippen molar-refractivity contribution in [2.24, 2.45) is 17.8 Å². The van der Waals surface area contributed by atoms with Crippen LogP contribution in [0.5, 0.6) is 0 Å². The van der Waals surface area contributed by atoms with Gasteiger partial charge in [0, 0.05) is 23.2 Å². The molecule has 0 spiro atoms. The molecule has 1 aromatic rings. The van der Waals surface area contributed by atoms with E-state index in [0.717, 1.165) is 30.6 Å². The second-order valence-corrected chi connectivity index (χ2v) is 5.65. The highest BCUT2D eigenvalue weighted by Crippen LogP contribution is 2.38. The van der Waals surface area contributed by atoms with Gasteiger partial charge < -0.3 is 10.6 Å². The first-order chi connectivity index (χ1) is 9.13. The maximum Gasteiger partial charge on any atom is 0.227 e. The summed E-state index contributed by atoms with van der Waals surface area (Å²) in [6, 6.07) is 7.34. The summed E-state index contributed by atoms with van der Waals surface area (Å²) in [5.74, 6) is 1.01. The lowest BCUT2D eigenvalue weighted by Gasteiger charge is -2.08. The Hall–Kier alpha value is -1.84. The van der Waals surface area contributed by atoms with E-state index < -0.39 is 0 Å². The van der Waals surface area contributed by atoms with Crippen LogP contribution in [-0.2, 0) is 9.59 Å². The van der Waals surface area contributed by atoms with Crippen LogP contribution in [0.1, 0.15) is 26.2 Å². The number of nitrogens with one attached hydrogen (secondary N) is 2. The molecule has 2 fully saturated rings. The van der Waals surface area contributed by atoms with Gasteiger partial charge in [-0.2, -0.15) is 0 Å². The summed E-state index contributed by atoms with van der Waals surface area (Å²) in [5.41, 5.74) is 1.50. The van der Waals surface area contributed by atoms with Crippen LogP contribution in [0.15, 0.2) is 24.3 Å². The molecule has 2 aliphatic rings. The lowest BCUT2D eigenvalue weighted by molar-refractivity contribution is -0.118. The molecule has 2 amide bonds. The molecule has 2 saturated carbocycles. The van der Waals surface area contributed by atoms with Gasteiger partial charge in [0.05, 0.1) is 0 Å². The van der Waals surface area contributed by atoms with Gasteiger partial charge >= 0.3 is 0 Å². The molecule has 0 aliphatic heterocycles. The Morgan fingerprint density at radius 3 is 2.21 bits per heavy atom. The molecule has 4 heteroatoms. The molecule has 2 aliphatic carbocycles.